The molecule has 2 rings (SSSR count). The van der Waals surface area contributed by atoms with Gasteiger partial charge in [-0.25, -0.2) is 0 Å². The molecule has 0 N–H and O–H groups in total. The van der Waals surface area contributed by atoms with Gasteiger partial charge in [0.2, 0.25) is 0 Å². The first kappa shape index (κ1) is 28.3. The molecule has 1 aromatic rings. The normalized spacial score (nSPS) is 19.9. The Morgan fingerprint density at radius 3 is 1.94 bits per heavy atom. The van der Waals surface area contributed by atoms with Crippen molar-refractivity contribution >= 4 is 0 Å². The minimum absolute atomic E-state index is 0.00750. The lowest BCUT2D eigenvalue weighted by molar-refractivity contribution is 0.0513. The lowest BCUT2D eigenvalue weighted by Crippen LogP contribution is -2.37. The van der Waals surface area contributed by atoms with Crippen molar-refractivity contribution in [2.75, 3.05) is 0 Å². The molecule has 1 aromatic carbocycles. The van der Waals surface area contributed by atoms with Gasteiger partial charge >= 0.3 is 0 Å². The molecule has 0 saturated carbocycles. The quantitative estimate of drug-likeness (QED) is 0.270. The van der Waals surface area contributed by atoms with Crippen molar-refractivity contribution in [1.82, 2.24) is 0 Å². The highest BCUT2D eigenvalue weighted by Gasteiger charge is 2.34. The zero-order chi connectivity index (χ0) is 24.6. The number of hydrogen-bond donors (Lipinski definition) is 0. The molecule has 0 amide bonds. The van der Waals surface area contributed by atoms with E-state index < -0.39 is 0 Å². The van der Waals surface area contributed by atoms with Crippen LogP contribution < -0.4 is 4.74 Å². The topological polar surface area (TPSA) is 9.23 Å². The van der Waals surface area contributed by atoms with Gasteiger partial charge in [-0.1, -0.05) is 86.0 Å². The molecule has 1 heteroatoms. The summed E-state index contributed by atoms with van der Waals surface area (Å²) < 4.78 is 6.79. The van der Waals surface area contributed by atoms with Gasteiger partial charge in [0.25, 0.3) is 0 Å². The molecule has 0 radical (unpaired) electrons. The van der Waals surface area contributed by atoms with Crippen LogP contribution in [0.3, 0.4) is 0 Å². The Balaban J connectivity index is 1.79. The number of hydrogen-bond acceptors (Lipinski definition) is 1. The van der Waals surface area contributed by atoms with Gasteiger partial charge in [-0.05, 0) is 105 Å². The van der Waals surface area contributed by atoms with Crippen molar-refractivity contribution in [3.63, 3.8) is 0 Å². The molecule has 0 fully saturated rings. The summed E-state index contributed by atoms with van der Waals surface area (Å²) in [6.07, 6.45) is 17.0. The fourth-order valence-corrected chi connectivity index (χ4v) is 5.99. The Morgan fingerprint density at radius 1 is 0.788 bits per heavy atom. The predicted molar refractivity (Wildman–Crippen MR) is 147 cm³/mol. The molecule has 1 nitrogen and oxygen atoms in total. The van der Waals surface area contributed by atoms with Crippen molar-refractivity contribution in [1.29, 1.82) is 0 Å². The van der Waals surface area contributed by atoms with Gasteiger partial charge in [0.1, 0.15) is 11.4 Å². The molecule has 0 aliphatic carbocycles. The second kappa shape index (κ2) is 13.2. The van der Waals surface area contributed by atoms with E-state index in [1.54, 1.807) is 5.56 Å². The van der Waals surface area contributed by atoms with E-state index in [-0.39, 0.29) is 5.60 Å². The van der Waals surface area contributed by atoms with Crippen LogP contribution in [0.5, 0.6) is 5.75 Å². The smallest absolute Gasteiger partial charge is 0.126 e. The van der Waals surface area contributed by atoms with Gasteiger partial charge in [-0.2, -0.15) is 0 Å². The second-order valence-corrected chi connectivity index (χ2v) is 12.3. The van der Waals surface area contributed by atoms with Crippen LogP contribution in [0.25, 0.3) is 0 Å². The third kappa shape index (κ3) is 8.32. The monoisotopic (exact) mass is 456 g/mol. The lowest BCUT2D eigenvalue weighted by atomic mass is 9.82. The minimum Gasteiger partial charge on any atom is -0.487 e. The zero-order valence-corrected chi connectivity index (χ0v) is 23.8. The summed E-state index contributed by atoms with van der Waals surface area (Å²) in [5.74, 6) is 3.82. The highest BCUT2D eigenvalue weighted by atomic mass is 16.5. The van der Waals surface area contributed by atoms with Crippen LogP contribution >= 0.6 is 0 Å². The minimum atomic E-state index is 0.00750. The van der Waals surface area contributed by atoms with E-state index in [1.165, 1.54) is 105 Å². The van der Waals surface area contributed by atoms with Crippen molar-refractivity contribution in [3.05, 3.63) is 27.8 Å². The molecule has 1 aliphatic rings. The maximum absolute atomic E-state index is 6.79. The van der Waals surface area contributed by atoms with Crippen molar-refractivity contribution in [3.8, 4) is 5.75 Å². The number of fused-ring (bicyclic) bond motifs is 1. The molecule has 0 saturated heterocycles. The lowest BCUT2D eigenvalue weighted by Gasteiger charge is -2.38. The summed E-state index contributed by atoms with van der Waals surface area (Å²) in [5.41, 5.74) is 7.43. The summed E-state index contributed by atoms with van der Waals surface area (Å²) >= 11 is 0. The standard InChI is InChI=1S/C32H56O/c1-10-14-29-26(6)27(7)31-30(28(29)8)20-22-32(9,33-31)21-13-19-25(5)18-12-17-24(4)16-11-15-23(2)3/h23-25H,10-22H2,1-9H3. The van der Waals surface area contributed by atoms with Crippen LogP contribution in [-0.2, 0) is 12.8 Å². The second-order valence-electron chi connectivity index (χ2n) is 12.3. The Labute approximate surface area is 207 Å². The zero-order valence-electron chi connectivity index (χ0n) is 23.8. The van der Waals surface area contributed by atoms with Crippen LogP contribution in [0.15, 0.2) is 0 Å². The summed E-state index contributed by atoms with van der Waals surface area (Å²) in [6.45, 7) is 21.2. The van der Waals surface area contributed by atoms with Crippen LogP contribution in [-0.4, -0.2) is 5.60 Å². The first-order chi connectivity index (χ1) is 15.6. The fraction of sp³-hybridized carbons (Fsp3) is 0.812. The summed E-state index contributed by atoms with van der Waals surface area (Å²) in [6, 6.07) is 0. The number of ether oxygens (including phenoxy) is 1. The SMILES string of the molecule is CCCc1c(C)c(C)c2c(c1C)CCC(C)(CCCC(C)CCCC(C)CCCC(C)C)O2. The van der Waals surface area contributed by atoms with Crippen LogP contribution in [0.4, 0.5) is 0 Å². The first-order valence-corrected chi connectivity index (χ1v) is 14.4. The van der Waals surface area contributed by atoms with Gasteiger partial charge in [0, 0.05) is 0 Å². The van der Waals surface area contributed by atoms with Gasteiger partial charge in [-0.3, -0.25) is 0 Å². The van der Waals surface area contributed by atoms with E-state index in [2.05, 4.69) is 62.3 Å². The maximum atomic E-state index is 6.79. The Bertz CT molecular complexity index is 731. The van der Waals surface area contributed by atoms with E-state index in [4.69, 9.17) is 4.74 Å². The van der Waals surface area contributed by atoms with Gasteiger partial charge in [0.05, 0.1) is 0 Å². The number of rotatable bonds is 14. The highest BCUT2D eigenvalue weighted by Crippen LogP contribution is 2.43. The van der Waals surface area contributed by atoms with Crippen molar-refractivity contribution in [2.24, 2.45) is 17.8 Å². The average molecular weight is 457 g/mol. The van der Waals surface area contributed by atoms with Crippen LogP contribution in [0.1, 0.15) is 140 Å². The first-order valence-electron chi connectivity index (χ1n) is 14.4. The molecule has 3 unspecified atom stereocenters. The fourth-order valence-electron chi connectivity index (χ4n) is 5.99. The van der Waals surface area contributed by atoms with E-state index in [1.807, 2.05) is 0 Å². The van der Waals surface area contributed by atoms with Crippen molar-refractivity contribution < 1.29 is 4.74 Å². The van der Waals surface area contributed by atoms with E-state index >= 15 is 0 Å². The van der Waals surface area contributed by atoms with Gasteiger partial charge in [0.15, 0.2) is 0 Å². The molecule has 1 heterocycles. The third-order valence-corrected chi connectivity index (χ3v) is 8.56. The molecular weight excluding hydrogens is 400 g/mol. The molecule has 33 heavy (non-hydrogen) atoms. The predicted octanol–water partition coefficient (Wildman–Crippen LogP) is 10.1. The van der Waals surface area contributed by atoms with E-state index in [9.17, 15) is 0 Å². The maximum Gasteiger partial charge on any atom is 0.126 e. The Kier molecular flexibility index (Phi) is 11.3. The molecular formula is C32H56O. The Morgan fingerprint density at radius 2 is 1.36 bits per heavy atom. The molecule has 1 aliphatic heterocycles. The average Bonchev–Trinajstić information content (AvgIpc) is 2.75. The van der Waals surface area contributed by atoms with Crippen molar-refractivity contribution in [2.45, 2.75) is 151 Å². The molecule has 0 bridgehead atoms. The summed E-state index contributed by atoms with van der Waals surface area (Å²) in [5, 5.41) is 0. The van der Waals surface area contributed by atoms with Crippen LogP contribution in [0.2, 0.25) is 0 Å². The highest BCUT2D eigenvalue weighted by molar-refractivity contribution is 5.55. The molecule has 0 aromatic heterocycles. The van der Waals surface area contributed by atoms with Crippen LogP contribution in [0, 0.1) is 38.5 Å². The third-order valence-electron chi connectivity index (χ3n) is 8.56. The largest absolute Gasteiger partial charge is 0.487 e. The summed E-state index contributed by atoms with van der Waals surface area (Å²) in [7, 11) is 0. The molecule has 3 atom stereocenters. The summed E-state index contributed by atoms with van der Waals surface area (Å²) in [4.78, 5) is 0. The van der Waals surface area contributed by atoms with E-state index in [0.29, 0.717) is 0 Å². The number of benzene rings is 1. The molecule has 190 valence electrons. The van der Waals surface area contributed by atoms with Gasteiger partial charge < -0.3 is 4.74 Å². The van der Waals surface area contributed by atoms with E-state index in [0.717, 1.165) is 24.2 Å². The van der Waals surface area contributed by atoms with Gasteiger partial charge in [-0.15, -0.1) is 0 Å². The Hall–Kier alpha value is -0.980. The molecule has 0 spiro atoms.